The minimum absolute atomic E-state index is 0.135. The van der Waals surface area contributed by atoms with E-state index in [1.165, 1.54) is 20.8 Å². The molecule has 0 unspecified atom stereocenters. The lowest BCUT2D eigenvalue weighted by Crippen LogP contribution is -2.53. The second-order valence-electron chi connectivity index (χ2n) is 6.43. The van der Waals surface area contributed by atoms with Gasteiger partial charge >= 0.3 is 5.97 Å². The molecule has 0 aliphatic heterocycles. The molecular formula is C19H28N4O6. The summed E-state index contributed by atoms with van der Waals surface area (Å²) in [7, 11) is 0. The number of benzene rings is 1. The summed E-state index contributed by atoms with van der Waals surface area (Å²) in [5, 5.41) is 7.31. The van der Waals surface area contributed by atoms with Crippen LogP contribution in [0.5, 0.6) is 0 Å². The zero-order chi connectivity index (χ0) is 21.8. The van der Waals surface area contributed by atoms with Gasteiger partial charge in [-0.3, -0.25) is 14.4 Å². The molecule has 1 aromatic rings. The Bertz CT molecular complexity index is 695. The molecule has 10 heteroatoms. The lowest BCUT2D eigenvalue weighted by Gasteiger charge is -2.19. The number of rotatable bonds is 11. The Kier molecular flexibility index (Phi) is 10.3. The smallest absolute Gasteiger partial charge is 0.332 e. The summed E-state index contributed by atoms with van der Waals surface area (Å²) in [6, 6.07) is 6.72. The minimum atomic E-state index is -0.870. The van der Waals surface area contributed by atoms with Crippen LogP contribution in [0.25, 0.3) is 0 Å². The van der Waals surface area contributed by atoms with Gasteiger partial charge in [0.1, 0.15) is 32.0 Å². The number of nitrogens with one attached hydrogen (secondary N) is 3. The van der Waals surface area contributed by atoms with Gasteiger partial charge in [-0.2, -0.15) is 0 Å². The Morgan fingerprint density at radius 1 is 0.931 bits per heavy atom. The van der Waals surface area contributed by atoms with Crippen LogP contribution in [0, 0.1) is 0 Å². The van der Waals surface area contributed by atoms with Crippen molar-refractivity contribution < 1.29 is 28.7 Å². The van der Waals surface area contributed by atoms with E-state index < -0.39 is 41.8 Å². The number of nitrogens with two attached hydrogens (primary N) is 1. The van der Waals surface area contributed by atoms with Crippen molar-refractivity contribution in [1.29, 1.82) is 0 Å². The van der Waals surface area contributed by atoms with Crippen molar-refractivity contribution in [2.45, 2.75) is 45.5 Å². The lowest BCUT2D eigenvalue weighted by atomic mass is 10.2. The van der Waals surface area contributed by atoms with Gasteiger partial charge in [-0.25, -0.2) is 4.79 Å². The fourth-order valence-corrected chi connectivity index (χ4v) is 2.00. The third-order valence-electron chi connectivity index (χ3n) is 3.73. The number of amides is 3. The van der Waals surface area contributed by atoms with Gasteiger partial charge in [0.15, 0.2) is 0 Å². The number of ether oxygens (including phenoxy) is 2. The molecule has 0 aliphatic rings. The van der Waals surface area contributed by atoms with Gasteiger partial charge in [-0.1, -0.05) is 30.3 Å². The molecule has 10 nitrogen and oxygen atoms in total. The van der Waals surface area contributed by atoms with Gasteiger partial charge in [0, 0.05) is 0 Å². The van der Waals surface area contributed by atoms with Crippen molar-refractivity contribution in [3.63, 3.8) is 0 Å². The van der Waals surface area contributed by atoms with Gasteiger partial charge in [0.2, 0.25) is 17.7 Å². The molecule has 3 atom stereocenters. The SMILES string of the molecule is C[C@H](N)C(=O)N[C@@H](C)C(=O)N[C@@H](C)C(=O)NCOCC(=O)OCc1ccccc1. The van der Waals surface area contributed by atoms with E-state index in [9.17, 15) is 19.2 Å². The lowest BCUT2D eigenvalue weighted by molar-refractivity contribution is -0.151. The summed E-state index contributed by atoms with van der Waals surface area (Å²) in [5.41, 5.74) is 6.27. The summed E-state index contributed by atoms with van der Waals surface area (Å²) >= 11 is 0. The third-order valence-corrected chi connectivity index (χ3v) is 3.73. The minimum Gasteiger partial charge on any atom is -0.459 e. The Morgan fingerprint density at radius 2 is 1.52 bits per heavy atom. The van der Waals surface area contributed by atoms with E-state index in [1.807, 2.05) is 30.3 Å². The first kappa shape index (κ1) is 24.1. The van der Waals surface area contributed by atoms with Crippen molar-refractivity contribution in [2.75, 3.05) is 13.3 Å². The topological polar surface area (TPSA) is 149 Å². The van der Waals surface area contributed by atoms with Crippen LogP contribution >= 0.6 is 0 Å². The predicted molar refractivity (Wildman–Crippen MR) is 104 cm³/mol. The van der Waals surface area contributed by atoms with Crippen LogP contribution < -0.4 is 21.7 Å². The molecule has 1 rings (SSSR count). The molecule has 0 radical (unpaired) electrons. The average Bonchev–Trinajstić information content (AvgIpc) is 2.69. The Labute approximate surface area is 169 Å². The summed E-state index contributed by atoms with van der Waals surface area (Å²) in [5.74, 6) is -2.09. The van der Waals surface area contributed by atoms with E-state index in [2.05, 4.69) is 16.0 Å². The van der Waals surface area contributed by atoms with Gasteiger partial charge < -0.3 is 31.2 Å². The van der Waals surface area contributed by atoms with Crippen molar-refractivity contribution in [3.8, 4) is 0 Å². The predicted octanol–water partition coefficient (Wildman–Crippen LogP) is -0.823. The molecule has 1 aromatic carbocycles. The second-order valence-corrected chi connectivity index (χ2v) is 6.43. The molecule has 0 bridgehead atoms. The first-order chi connectivity index (χ1) is 13.7. The molecule has 0 aliphatic carbocycles. The first-order valence-corrected chi connectivity index (χ1v) is 9.12. The highest BCUT2D eigenvalue weighted by atomic mass is 16.6. The Hall–Kier alpha value is -2.98. The van der Waals surface area contributed by atoms with Crippen molar-refractivity contribution in [1.82, 2.24) is 16.0 Å². The molecule has 0 saturated heterocycles. The highest BCUT2D eigenvalue weighted by molar-refractivity contribution is 5.92. The standard InChI is InChI=1S/C19H28N4O6/c1-12(20)17(25)22-14(3)19(27)23-13(2)18(26)21-11-28-10-16(24)29-9-15-7-5-4-6-8-15/h4-8,12-14H,9-11,20H2,1-3H3,(H,21,26)(H,22,25)(H,23,27)/t12-,13-,14-/m0/s1. The van der Waals surface area contributed by atoms with Crippen LogP contribution in [0.15, 0.2) is 30.3 Å². The maximum Gasteiger partial charge on any atom is 0.332 e. The molecule has 160 valence electrons. The largest absolute Gasteiger partial charge is 0.459 e. The summed E-state index contributed by atoms with van der Waals surface area (Å²) in [6.07, 6.45) is 0. The van der Waals surface area contributed by atoms with Crippen LogP contribution in [0.1, 0.15) is 26.3 Å². The van der Waals surface area contributed by atoms with Crippen LogP contribution in [-0.4, -0.2) is 55.2 Å². The molecule has 3 amide bonds. The van der Waals surface area contributed by atoms with Crippen LogP contribution in [0.2, 0.25) is 0 Å². The molecule has 0 saturated carbocycles. The van der Waals surface area contributed by atoms with E-state index in [0.717, 1.165) is 5.56 Å². The van der Waals surface area contributed by atoms with Gasteiger partial charge in [0.05, 0.1) is 6.04 Å². The first-order valence-electron chi connectivity index (χ1n) is 9.12. The van der Waals surface area contributed by atoms with Gasteiger partial charge in [-0.05, 0) is 26.3 Å². The molecular weight excluding hydrogens is 380 g/mol. The summed E-state index contributed by atoms with van der Waals surface area (Å²) < 4.78 is 10.1. The maximum atomic E-state index is 12.0. The van der Waals surface area contributed by atoms with E-state index in [1.54, 1.807) is 0 Å². The Balaban J connectivity index is 2.22. The number of esters is 1. The van der Waals surface area contributed by atoms with E-state index >= 15 is 0 Å². The highest BCUT2D eigenvalue weighted by Gasteiger charge is 2.21. The molecule has 0 fully saturated rings. The Morgan fingerprint density at radius 3 is 2.14 bits per heavy atom. The van der Waals surface area contributed by atoms with Crippen molar-refractivity contribution in [3.05, 3.63) is 35.9 Å². The van der Waals surface area contributed by atoms with Gasteiger partial charge in [0.25, 0.3) is 0 Å². The quantitative estimate of drug-likeness (QED) is 0.212. The van der Waals surface area contributed by atoms with Crippen LogP contribution in [0.3, 0.4) is 0 Å². The number of carbonyl (C=O) groups excluding carboxylic acids is 4. The third kappa shape index (κ3) is 9.67. The second kappa shape index (κ2) is 12.5. The fraction of sp³-hybridized carbons (Fsp3) is 0.474. The van der Waals surface area contributed by atoms with E-state index in [0.29, 0.717) is 0 Å². The molecule has 0 aromatic heterocycles. The zero-order valence-electron chi connectivity index (χ0n) is 16.8. The average molecular weight is 408 g/mol. The van der Waals surface area contributed by atoms with Crippen LogP contribution in [0.4, 0.5) is 0 Å². The molecule has 0 spiro atoms. The monoisotopic (exact) mass is 408 g/mol. The fourth-order valence-electron chi connectivity index (χ4n) is 2.00. The maximum absolute atomic E-state index is 12.0. The normalized spacial score (nSPS) is 13.5. The summed E-state index contributed by atoms with van der Waals surface area (Å²) in [6.45, 7) is 4.03. The van der Waals surface area contributed by atoms with E-state index in [4.69, 9.17) is 15.2 Å². The van der Waals surface area contributed by atoms with Gasteiger partial charge in [-0.15, -0.1) is 0 Å². The summed E-state index contributed by atoms with van der Waals surface area (Å²) in [4.78, 5) is 47.0. The molecule has 5 N–H and O–H groups in total. The highest BCUT2D eigenvalue weighted by Crippen LogP contribution is 2.00. The number of hydrogen-bond acceptors (Lipinski definition) is 7. The van der Waals surface area contributed by atoms with Crippen molar-refractivity contribution >= 4 is 23.7 Å². The number of hydrogen-bond donors (Lipinski definition) is 4. The van der Waals surface area contributed by atoms with E-state index in [-0.39, 0.29) is 19.9 Å². The molecule has 0 heterocycles. The number of carbonyl (C=O) groups is 4. The molecule has 29 heavy (non-hydrogen) atoms. The van der Waals surface area contributed by atoms with Crippen molar-refractivity contribution in [2.24, 2.45) is 5.73 Å². The zero-order valence-corrected chi connectivity index (χ0v) is 16.8. The van der Waals surface area contributed by atoms with Crippen LogP contribution in [-0.2, 0) is 35.3 Å².